The molecule has 6 aromatic rings. The number of rotatable bonds is 4. The molecule has 0 bridgehead atoms. The van der Waals surface area contributed by atoms with Crippen LogP contribution >= 0.6 is 11.3 Å². The van der Waals surface area contributed by atoms with Gasteiger partial charge in [-0.3, -0.25) is 0 Å². The molecule has 2 nitrogen and oxygen atoms in total. The number of thiophene rings is 1. The molecule has 1 aliphatic rings. The Morgan fingerprint density at radius 2 is 1.60 bits per heavy atom. The van der Waals surface area contributed by atoms with Crippen molar-refractivity contribution in [1.82, 2.24) is 9.97 Å². The first-order chi connectivity index (χ1) is 18.9. The van der Waals surface area contributed by atoms with Crippen molar-refractivity contribution in [3.8, 4) is 22.5 Å². The van der Waals surface area contributed by atoms with E-state index in [1.807, 2.05) is 60.9 Å². The van der Waals surface area contributed by atoms with E-state index in [0.29, 0.717) is 0 Å². The molecule has 0 amide bonds. The van der Waals surface area contributed by atoms with Crippen molar-refractivity contribution in [2.45, 2.75) is 45.3 Å². The molecule has 203 valence electrons. The molecule has 0 N–H and O–H groups in total. The molecule has 0 unspecified atom stereocenters. The summed E-state index contributed by atoms with van der Waals surface area (Å²) >= 11 is 1.89. The van der Waals surface area contributed by atoms with Crippen LogP contribution in [0.4, 0.5) is 0 Å². The third-order valence-corrected chi connectivity index (χ3v) is 10.5. The number of nitrogens with zero attached hydrogens (tertiary/aromatic N) is 2. The summed E-state index contributed by atoms with van der Waals surface area (Å²) in [5.74, 6) is 0.751. The minimum Gasteiger partial charge on any atom is -0.304 e. The van der Waals surface area contributed by atoms with E-state index in [4.69, 9.17) is 4.98 Å². The second-order valence-corrected chi connectivity index (χ2v) is 17.5. The first-order valence-corrected chi connectivity index (χ1v) is 17.9. The Hall–Kier alpha value is -2.95. The van der Waals surface area contributed by atoms with Crippen LogP contribution in [0, 0.1) is 19.1 Å². The molecule has 5 heteroatoms. The molecule has 0 spiro atoms. The smallest absolute Gasteiger partial charge is 0.0776 e. The number of benzene rings is 3. The van der Waals surface area contributed by atoms with Crippen LogP contribution in [0.1, 0.15) is 29.9 Å². The fourth-order valence-corrected chi connectivity index (χ4v) is 7.30. The van der Waals surface area contributed by atoms with Gasteiger partial charge < -0.3 is 9.97 Å². The maximum atomic E-state index is 4.77. The molecular formula is C35H32IrN2SSi-2. The van der Waals surface area contributed by atoms with E-state index in [-0.39, 0.29) is 20.1 Å². The molecule has 1 radical (unpaired) electrons. The van der Waals surface area contributed by atoms with Gasteiger partial charge in [0.05, 0.1) is 8.07 Å². The van der Waals surface area contributed by atoms with E-state index in [1.54, 1.807) is 0 Å². The van der Waals surface area contributed by atoms with Gasteiger partial charge >= 0.3 is 0 Å². The minimum atomic E-state index is -1.30. The van der Waals surface area contributed by atoms with Crippen molar-refractivity contribution in [3.63, 3.8) is 0 Å². The molecule has 3 aromatic carbocycles. The SMILES string of the molecule is C[Si](C)(C)c1ccc2c(c1)sc1c(-c3ccc(C4CC4)cn3)[c-]ccc12.Cc1ccc(-c2[c-]cccc2)nc1.[Ir]. The van der Waals surface area contributed by atoms with Gasteiger partial charge in [-0.1, -0.05) is 66.6 Å². The van der Waals surface area contributed by atoms with E-state index >= 15 is 0 Å². The number of fused-ring (bicyclic) bond motifs is 3. The number of aromatic nitrogens is 2. The summed E-state index contributed by atoms with van der Waals surface area (Å²) in [5, 5.41) is 4.21. The van der Waals surface area contributed by atoms with Crippen molar-refractivity contribution in [2.75, 3.05) is 0 Å². The predicted molar refractivity (Wildman–Crippen MR) is 170 cm³/mol. The molecule has 1 aliphatic carbocycles. The molecule has 0 aliphatic heterocycles. The Bertz CT molecular complexity index is 1730. The largest absolute Gasteiger partial charge is 0.304 e. The normalized spacial score (nSPS) is 13.0. The van der Waals surface area contributed by atoms with Gasteiger partial charge in [0, 0.05) is 37.2 Å². The molecule has 1 fully saturated rings. The Balaban J connectivity index is 0.000000195. The summed E-state index contributed by atoms with van der Waals surface area (Å²) in [5.41, 5.74) is 6.77. The van der Waals surface area contributed by atoms with Crippen molar-refractivity contribution in [3.05, 3.63) is 115 Å². The van der Waals surface area contributed by atoms with Crippen molar-refractivity contribution < 1.29 is 20.1 Å². The van der Waals surface area contributed by atoms with E-state index < -0.39 is 8.07 Å². The van der Waals surface area contributed by atoms with Gasteiger partial charge in [-0.05, 0) is 64.4 Å². The summed E-state index contributed by atoms with van der Waals surface area (Å²) in [6.45, 7) is 9.26. The van der Waals surface area contributed by atoms with Crippen LogP contribution in [-0.4, -0.2) is 18.0 Å². The fraction of sp³-hybridized carbons (Fsp3) is 0.200. The molecule has 1 saturated carbocycles. The number of hydrogen-bond donors (Lipinski definition) is 0. The Morgan fingerprint density at radius 3 is 2.25 bits per heavy atom. The zero-order valence-electron chi connectivity index (χ0n) is 23.3. The third-order valence-electron chi connectivity index (χ3n) is 7.29. The quantitative estimate of drug-likeness (QED) is 0.134. The van der Waals surface area contributed by atoms with E-state index in [1.165, 1.54) is 49.3 Å². The van der Waals surface area contributed by atoms with Crippen LogP contribution in [0.15, 0.2) is 91.3 Å². The molecule has 7 rings (SSSR count). The second kappa shape index (κ2) is 11.9. The van der Waals surface area contributed by atoms with Gasteiger partial charge in [-0.2, -0.15) is 11.3 Å². The van der Waals surface area contributed by atoms with E-state index in [0.717, 1.165) is 28.4 Å². The van der Waals surface area contributed by atoms with Crippen LogP contribution in [0.2, 0.25) is 19.6 Å². The first kappa shape index (κ1) is 28.6. The van der Waals surface area contributed by atoms with Gasteiger partial charge in [-0.25, -0.2) is 0 Å². The van der Waals surface area contributed by atoms with Crippen LogP contribution < -0.4 is 5.19 Å². The number of pyridine rings is 2. The first-order valence-electron chi connectivity index (χ1n) is 13.6. The van der Waals surface area contributed by atoms with Crippen molar-refractivity contribution in [2.24, 2.45) is 0 Å². The topological polar surface area (TPSA) is 25.8 Å². The maximum absolute atomic E-state index is 4.77. The fourth-order valence-electron chi connectivity index (χ4n) is 4.79. The number of hydrogen-bond acceptors (Lipinski definition) is 3. The summed E-state index contributed by atoms with van der Waals surface area (Å²) in [6.07, 6.45) is 6.57. The van der Waals surface area contributed by atoms with Crippen LogP contribution in [0.3, 0.4) is 0 Å². The molecular weight excluding hydrogens is 701 g/mol. The van der Waals surface area contributed by atoms with E-state index in [9.17, 15) is 0 Å². The molecule has 0 saturated heterocycles. The van der Waals surface area contributed by atoms with Crippen molar-refractivity contribution >= 4 is 44.8 Å². The summed E-state index contributed by atoms with van der Waals surface area (Å²) < 4.78 is 2.69. The van der Waals surface area contributed by atoms with Gasteiger partial charge in [0.15, 0.2) is 0 Å². The second-order valence-electron chi connectivity index (χ2n) is 11.4. The van der Waals surface area contributed by atoms with Gasteiger partial charge in [0.1, 0.15) is 0 Å². The minimum absolute atomic E-state index is 0. The van der Waals surface area contributed by atoms with Crippen molar-refractivity contribution in [1.29, 1.82) is 0 Å². The Morgan fingerprint density at radius 1 is 0.800 bits per heavy atom. The summed E-state index contributed by atoms with van der Waals surface area (Å²) in [7, 11) is -1.30. The summed E-state index contributed by atoms with van der Waals surface area (Å²) in [4.78, 5) is 9.09. The predicted octanol–water partition coefficient (Wildman–Crippen LogP) is 9.19. The standard InChI is InChI=1S/C23H22NSSi.C12H10N.Ir/c1-26(2,3)17-10-11-18-19-5-4-6-20(23(19)25-22(18)13-17)21-12-9-16(14-24-21)15-7-8-15;1-10-7-8-12(13-9-10)11-5-3-2-4-6-11;/h4-5,9-15H,7-8H2,1-3H3;2-5,7-9H,1H3;/q2*-1;. The van der Waals surface area contributed by atoms with Gasteiger partial charge in [-0.15, -0.1) is 59.7 Å². The van der Waals surface area contributed by atoms with E-state index in [2.05, 4.69) is 85.4 Å². The zero-order valence-corrected chi connectivity index (χ0v) is 27.5. The third kappa shape index (κ3) is 6.18. The Labute approximate surface area is 255 Å². The van der Waals surface area contributed by atoms with Crippen LogP contribution in [0.5, 0.6) is 0 Å². The molecule has 3 aromatic heterocycles. The average Bonchev–Trinajstić information content (AvgIpc) is 3.74. The number of aryl methyl sites for hydroxylation is 1. The monoisotopic (exact) mass is 733 g/mol. The molecule has 0 atom stereocenters. The molecule has 3 heterocycles. The summed E-state index contributed by atoms with van der Waals surface area (Å²) in [6, 6.07) is 34.3. The Kier molecular flexibility index (Phi) is 8.49. The molecule has 40 heavy (non-hydrogen) atoms. The van der Waals surface area contributed by atoms with Gasteiger partial charge in [0.2, 0.25) is 0 Å². The van der Waals surface area contributed by atoms with Crippen LogP contribution in [0.25, 0.3) is 42.7 Å². The average molecular weight is 733 g/mol. The van der Waals surface area contributed by atoms with Crippen LogP contribution in [-0.2, 0) is 20.1 Å². The van der Waals surface area contributed by atoms with Gasteiger partial charge in [0.25, 0.3) is 0 Å². The maximum Gasteiger partial charge on any atom is 0.0776 e. The zero-order chi connectivity index (χ0) is 27.0.